The predicted octanol–water partition coefficient (Wildman–Crippen LogP) is 0.443. The fourth-order valence-corrected chi connectivity index (χ4v) is 1.34. The van der Waals surface area contributed by atoms with Crippen LogP contribution in [-0.4, -0.2) is 9.55 Å². The van der Waals surface area contributed by atoms with Gasteiger partial charge in [0.25, 0.3) is 0 Å². The summed E-state index contributed by atoms with van der Waals surface area (Å²) in [5.74, 6) is 11.8. The van der Waals surface area contributed by atoms with Gasteiger partial charge < -0.3 is 15.4 Å². The fraction of sp³-hybridized carbons (Fsp3) is 0. The summed E-state index contributed by atoms with van der Waals surface area (Å²) in [5.41, 5.74) is 5.85. The first-order chi connectivity index (χ1) is 7.35. The lowest BCUT2D eigenvalue weighted by Gasteiger charge is -2.10. The van der Waals surface area contributed by atoms with Crippen LogP contribution in [0.2, 0.25) is 0 Å². The summed E-state index contributed by atoms with van der Waals surface area (Å²) in [7, 11) is 0. The third-order valence-electron chi connectivity index (χ3n) is 2.04. The minimum absolute atomic E-state index is 0.554. The van der Waals surface area contributed by atoms with Crippen LogP contribution in [-0.2, 0) is 0 Å². The molecule has 6 N–H and O–H groups in total. The molecule has 0 unspecified atom stereocenters. The molecule has 15 heavy (non-hydrogen) atoms. The van der Waals surface area contributed by atoms with Gasteiger partial charge in [-0.15, -0.1) is 0 Å². The molecule has 0 aliphatic heterocycles. The molecule has 6 heteroatoms. The maximum atomic E-state index is 5.39. The second kappa shape index (κ2) is 3.99. The zero-order valence-electron chi connectivity index (χ0n) is 8.01. The molecular weight excluding hydrogens is 192 g/mol. The fourth-order valence-electron chi connectivity index (χ4n) is 1.34. The molecule has 0 atom stereocenters. The number of anilines is 2. The Hall–Kier alpha value is -2.05. The van der Waals surface area contributed by atoms with Crippen molar-refractivity contribution in [2.45, 2.75) is 0 Å². The molecule has 0 aliphatic rings. The smallest absolute Gasteiger partial charge is 0.166 e. The third-order valence-corrected chi connectivity index (χ3v) is 2.04. The monoisotopic (exact) mass is 204 g/mol. The molecule has 0 saturated heterocycles. The molecule has 0 radical (unpaired) electrons. The molecule has 2 aromatic rings. The van der Waals surface area contributed by atoms with Crippen LogP contribution < -0.4 is 22.5 Å². The molecule has 0 bridgehead atoms. The number of nitrogen functional groups attached to an aromatic ring is 2. The highest BCUT2D eigenvalue weighted by molar-refractivity contribution is 5.59. The van der Waals surface area contributed by atoms with E-state index in [1.807, 2.05) is 35.2 Å². The quantitative estimate of drug-likeness (QED) is 0.430. The van der Waals surface area contributed by atoms with E-state index in [0.717, 1.165) is 5.69 Å². The van der Waals surface area contributed by atoms with Gasteiger partial charge in [0.05, 0.1) is 5.69 Å². The summed E-state index contributed by atoms with van der Waals surface area (Å²) in [5, 5.41) is 0. The highest BCUT2D eigenvalue weighted by Gasteiger charge is 2.04. The maximum Gasteiger partial charge on any atom is 0.166 e. The minimum Gasteiger partial charge on any atom is -0.321 e. The van der Waals surface area contributed by atoms with E-state index in [0.29, 0.717) is 11.6 Å². The first-order valence-electron chi connectivity index (χ1n) is 4.43. The largest absolute Gasteiger partial charge is 0.321 e. The Morgan fingerprint density at radius 3 is 2.40 bits per heavy atom. The Labute approximate surface area is 86.8 Å². The number of hydrogen-bond acceptors (Lipinski definition) is 5. The average molecular weight is 204 g/mol. The summed E-state index contributed by atoms with van der Waals surface area (Å²) in [6.07, 6.45) is 3.82. The van der Waals surface area contributed by atoms with Gasteiger partial charge in [0, 0.05) is 12.4 Å². The SMILES string of the molecule is NNc1ccc(-n2cccc2)c(NN)n1. The Kier molecular flexibility index (Phi) is 2.53. The van der Waals surface area contributed by atoms with E-state index in [2.05, 4.69) is 15.8 Å². The molecule has 2 heterocycles. The van der Waals surface area contributed by atoms with Crippen molar-refractivity contribution in [3.63, 3.8) is 0 Å². The van der Waals surface area contributed by atoms with Crippen molar-refractivity contribution in [1.29, 1.82) is 0 Å². The predicted molar refractivity (Wildman–Crippen MR) is 59.2 cm³/mol. The standard InChI is InChI=1S/C9H12N6/c10-13-8-4-3-7(9(12-8)14-11)15-5-1-2-6-15/h1-6H,10-11H2,(H2,12,13,14). The van der Waals surface area contributed by atoms with E-state index >= 15 is 0 Å². The van der Waals surface area contributed by atoms with Crippen LogP contribution in [0.4, 0.5) is 11.6 Å². The first-order valence-corrected chi connectivity index (χ1v) is 4.43. The van der Waals surface area contributed by atoms with Gasteiger partial charge in [0.1, 0.15) is 5.82 Å². The molecule has 0 spiro atoms. The average Bonchev–Trinajstić information content (AvgIpc) is 2.81. The molecular formula is C9H12N6. The van der Waals surface area contributed by atoms with Crippen molar-refractivity contribution in [2.24, 2.45) is 11.7 Å². The van der Waals surface area contributed by atoms with E-state index in [9.17, 15) is 0 Å². The summed E-state index contributed by atoms with van der Waals surface area (Å²) in [6, 6.07) is 7.50. The van der Waals surface area contributed by atoms with Crippen LogP contribution in [0.3, 0.4) is 0 Å². The Bertz CT molecular complexity index is 436. The normalized spacial score (nSPS) is 10.0. The third kappa shape index (κ3) is 1.76. The number of nitrogens with zero attached hydrogens (tertiary/aromatic N) is 2. The Morgan fingerprint density at radius 1 is 1.07 bits per heavy atom. The summed E-state index contributed by atoms with van der Waals surface area (Å²) in [4.78, 5) is 4.17. The highest BCUT2D eigenvalue weighted by atomic mass is 15.3. The van der Waals surface area contributed by atoms with E-state index in [4.69, 9.17) is 11.7 Å². The van der Waals surface area contributed by atoms with Gasteiger partial charge in [-0.1, -0.05) is 0 Å². The number of hydrazine groups is 2. The lowest BCUT2D eigenvalue weighted by molar-refractivity contribution is 1.05. The summed E-state index contributed by atoms with van der Waals surface area (Å²) < 4.78 is 1.91. The number of nitrogens with one attached hydrogen (secondary N) is 2. The molecule has 2 rings (SSSR count). The summed E-state index contributed by atoms with van der Waals surface area (Å²) >= 11 is 0. The van der Waals surface area contributed by atoms with Crippen molar-refractivity contribution in [3.8, 4) is 5.69 Å². The van der Waals surface area contributed by atoms with E-state index in [1.165, 1.54) is 0 Å². The molecule has 2 aromatic heterocycles. The molecule has 0 saturated carbocycles. The Morgan fingerprint density at radius 2 is 1.80 bits per heavy atom. The van der Waals surface area contributed by atoms with Crippen LogP contribution >= 0.6 is 0 Å². The molecule has 6 nitrogen and oxygen atoms in total. The van der Waals surface area contributed by atoms with Gasteiger partial charge in [-0.05, 0) is 24.3 Å². The van der Waals surface area contributed by atoms with Crippen LogP contribution in [0.15, 0.2) is 36.7 Å². The van der Waals surface area contributed by atoms with E-state index in [-0.39, 0.29) is 0 Å². The van der Waals surface area contributed by atoms with Gasteiger partial charge in [-0.25, -0.2) is 16.7 Å². The zero-order valence-corrected chi connectivity index (χ0v) is 8.01. The molecule has 78 valence electrons. The number of pyridine rings is 1. The number of rotatable bonds is 3. The number of nitrogens with two attached hydrogens (primary N) is 2. The van der Waals surface area contributed by atoms with Crippen molar-refractivity contribution in [3.05, 3.63) is 36.7 Å². The molecule has 0 aromatic carbocycles. The van der Waals surface area contributed by atoms with E-state index < -0.39 is 0 Å². The number of hydrogen-bond donors (Lipinski definition) is 4. The summed E-state index contributed by atoms with van der Waals surface area (Å²) in [6.45, 7) is 0. The molecule has 0 amide bonds. The lowest BCUT2D eigenvalue weighted by atomic mass is 10.3. The van der Waals surface area contributed by atoms with Gasteiger partial charge in [0.15, 0.2) is 5.82 Å². The highest BCUT2D eigenvalue weighted by Crippen LogP contribution is 2.19. The van der Waals surface area contributed by atoms with Gasteiger partial charge in [0.2, 0.25) is 0 Å². The molecule has 0 fully saturated rings. The lowest BCUT2D eigenvalue weighted by Crippen LogP contribution is -2.15. The van der Waals surface area contributed by atoms with Crippen LogP contribution in [0, 0.1) is 0 Å². The Balaban J connectivity index is 2.48. The second-order valence-corrected chi connectivity index (χ2v) is 2.94. The van der Waals surface area contributed by atoms with Crippen LogP contribution in [0.1, 0.15) is 0 Å². The first kappa shape index (κ1) is 9.50. The second-order valence-electron chi connectivity index (χ2n) is 2.94. The van der Waals surface area contributed by atoms with Crippen LogP contribution in [0.5, 0.6) is 0 Å². The maximum absolute atomic E-state index is 5.39. The van der Waals surface area contributed by atoms with Gasteiger partial charge >= 0.3 is 0 Å². The topological polar surface area (TPSA) is 93.9 Å². The van der Waals surface area contributed by atoms with Crippen molar-refractivity contribution in [1.82, 2.24) is 9.55 Å². The van der Waals surface area contributed by atoms with Gasteiger partial charge in [-0.3, -0.25) is 0 Å². The van der Waals surface area contributed by atoms with Gasteiger partial charge in [-0.2, -0.15) is 0 Å². The van der Waals surface area contributed by atoms with Crippen molar-refractivity contribution >= 4 is 11.6 Å². The molecule has 0 aliphatic carbocycles. The van der Waals surface area contributed by atoms with Crippen LogP contribution in [0.25, 0.3) is 5.69 Å². The zero-order chi connectivity index (χ0) is 10.7. The number of aromatic nitrogens is 2. The minimum atomic E-state index is 0.554. The van der Waals surface area contributed by atoms with Crippen molar-refractivity contribution in [2.75, 3.05) is 10.9 Å². The van der Waals surface area contributed by atoms with E-state index in [1.54, 1.807) is 6.07 Å². The van der Waals surface area contributed by atoms with Crippen molar-refractivity contribution < 1.29 is 0 Å².